The summed E-state index contributed by atoms with van der Waals surface area (Å²) in [6.45, 7) is 2.50. The van der Waals surface area contributed by atoms with Gasteiger partial charge in [0.05, 0.1) is 18.1 Å². The molecule has 6 nitrogen and oxygen atoms in total. The molecule has 0 aromatic heterocycles. The van der Waals surface area contributed by atoms with E-state index in [4.69, 9.17) is 9.47 Å². The molecule has 0 bridgehead atoms. The highest BCUT2D eigenvalue weighted by molar-refractivity contribution is 8.02. The van der Waals surface area contributed by atoms with Gasteiger partial charge in [0.25, 0.3) is 5.91 Å². The second kappa shape index (κ2) is 10.5. The number of ether oxygens (including phenoxy) is 2. The molecule has 1 aliphatic heterocycles. The van der Waals surface area contributed by atoms with Gasteiger partial charge in [-0.25, -0.2) is 0 Å². The van der Waals surface area contributed by atoms with E-state index in [2.05, 4.69) is 0 Å². The molecular formula is C24H28N2O4S. The number of rotatable bonds is 7. The highest BCUT2D eigenvalue weighted by Gasteiger charge is 2.39. The number of hydrogen-bond acceptors (Lipinski definition) is 6. The Labute approximate surface area is 187 Å². The molecular weight excluding hydrogens is 412 g/mol. The molecule has 31 heavy (non-hydrogen) atoms. The van der Waals surface area contributed by atoms with Gasteiger partial charge in [0.2, 0.25) is 0 Å². The summed E-state index contributed by atoms with van der Waals surface area (Å²) in [4.78, 5) is 29.4. The monoisotopic (exact) mass is 440 g/mol. The molecule has 0 radical (unpaired) electrons. The van der Waals surface area contributed by atoms with Crippen LogP contribution in [0.25, 0.3) is 5.70 Å². The zero-order valence-corrected chi connectivity index (χ0v) is 19.1. The van der Waals surface area contributed by atoms with Crippen molar-refractivity contribution < 1.29 is 19.1 Å². The predicted octanol–water partition coefficient (Wildman–Crippen LogP) is 3.80. The molecule has 2 aromatic carbocycles. The van der Waals surface area contributed by atoms with E-state index in [1.54, 1.807) is 12.0 Å². The molecule has 0 saturated heterocycles. The Morgan fingerprint density at radius 2 is 1.77 bits per heavy atom. The molecule has 0 N–H and O–H groups in total. The van der Waals surface area contributed by atoms with Gasteiger partial charge in [0.1, 0.15) is 5.75 Å². The standard InChI is InChI=1S/C24H28N2O4S/c1-17(27)30-22-23(19-10-12-20(29-4)13-11-19)31-16-21(18-8-6-5-7-9-18)26(24(22)28)15-14-25(2)3/h5-13,16,22-23H,14-15H2,1-4H3/t22-,23+/m0/s1. The van der Waals surface area contributed by atoms with Crippen LogP contribution in [-0.4, -0.2) is 62.1 Å². The Morgan fingerprint density at radius 3 is 2.35 bits per heavy atom. The molecule has 1 heterocycles. The van der Waals surface area contributed by atoms with Crippen molar-refractivity contribution in [1.82, 2.24) is 9.80 Å². The zero-order chi connectivity index (χ0) is 22.4. The van der Waals surface area contributed by atoms with Crippen molar-refractivity contribution in [3.8, 4) is 5.75 Å². The highest BCUT2D eigenvalue weighted by atomic mass is 32.2. The smallest absolute Gasteiger partial charge is 0.303 e. The Kier molecular flexibility index (Phi) is 7.76. The summed E-state index contributed by atoms with van der Waals surface area (Å²) in [5, 5.41) is 1.63. The number of carbonyl (C=O) groups is 2. The molecule has 0 unspecified atom stereocenters. The predicted molar refractivity (Wildman–Crippen MR) is 124 cm³/mol. The third-order valence-electron chi connectivity index (χ3n) is 4.98. The minimum Gasteiger partial charge on any atom is -0.497 e. The Hall–Kier alpha value is -2.77. The fraction of sp³-hybridized carbons (Fsp3) is 0.333. The second-order valence-electron chi connectivity index (χ2n) is 7.52. The lowest BCUT2D eigenvalue weighted by molar-refractivity contribution is -0.157. The van der Waals surface area contributed by atoms with Gasteiger partial charge in [-0.1, -0.05) is 42.5 Å². The number of benzene rings is 2. The Bertz CT molecular complexity index is 928. The number of methoxy groups -OCH3 is 1. The van der Waals surface area contributed by atoms with Crippen LogP contribution in [0, 0.1) is 0 Å². The van der Waals surface area contributed by atoms with E-state index in [1.807, 2.05) is 79.0 Å². The zero-order valence-electron chi connectivity index (χ0n) is 18.3. The lowest BCUT2D eigenvalue weighted by Crippen LogP contribution is -2.43. The van der Waals surface area contributed by atoms with E-state index in [-0.39, 0.29) is 11.2 Å². The van der Waals surface area contributed by atoms with Gasteiger partial charge in [0.15, 0.2) is 6.10 Å². The maximum atomic E-state index is 13.7. The number of thioether (sulfide) groups is 1. The van der Waals surface area contributed by atoms with Crippen LogP contribution in [-0.2, 0) is 14.3 Å². The van der Waals surface area contributed by atoms with Crippen LogP contribution in [0.1, 0.15) is 23.3 Å². The average molecular weight is 441 g/mol. The first kappa shape index (κ1) is 22.9. The summed E-state index contributed by atoms with van der Waals surface area (Å²) in [7, 11) is 5.54. The van der Waals surface area contributed by atoms with Crippen LogP contribution in [0.2, 0.25) is 0 Å². The normalized spacial score (nSPS) is 19.1. The third-order valence-corrected chi connectivity index (χ3v) is 6.15. The number of esters is 1. The Morgan fingerprint density at radius 1 is 1.10 bits per heavy atom. The lowest BCUT2D eigenvalue weighted by atomic mass is 10.0. The van der Waals surface area contributed by atoms with Crippen molar-refractivity contribution in [3.05, 3.63) is 71.1 Å². The van der Waals surface area contributed by atoms with Gasteiger partial charge >= 0.3 is 5.97 Å². The SMILES string of the molecule is COc1ccc([C@H]2SC=C(c3ccccc3)N(CCN(C)C)C(=O)[C@H]2OC(C)=O)cc1. The van der Waals surface area contributed by atoms with Crippen LogP contribution in [0.3, 0.4) is 0 Å². The summed E-state index contributed by atoms with van der Waals surface area (Å²) in [6, 6.07) is 17.3. The van der Waals surface area contributed by atoms with Crippen LogP contribution >= 0.6 is 11.8 Å². The largest absolute Gasteiger partial charge is 0.497 e. The molecule has 0 fully saturated rings. The first-order valence-electron chi connectivity index (χ1n) is 10.1. The van der Waals surface area contributed by atoms with Gasteiger partial charge in [-0.15, -0.1) is 11.8 Å². The molecule has 164 valence electrons. The van der Waals surface area contributed by atoms with E-state index in [1.165, 1.54) is 18.7 Å². The number of likely N-dealkylation sites (N-methyl/N-ethyl adjacent to an activating group) is 1. The van der Waals surface area contributed by atoms with Gasteiger partial charge < -0.3 is 19.3 Å². The van der Waals surface area contributed by atoms with E-state index in [0.29, 0.717) is 13.1 Å². The minimum atomic E-state index is -0.935. The molecule has 7 heteroatoms. The lowest BCUT2D eigenvalue weighted by Gasteiger charge is -2.30. The topological polar surface area (TPSA) is 59.1 Å². The number of carbonyl (C=O) groups excluding carboxylic acids is 2. The summed E-state index contributed by atoms with van der Waals surface area (Å²) in [5.41, 5.74) is 2.65. The molecule has 3 rings (SSSR count). The van der Waals surface area contributed by atoms with Crippen molar-refractivity contribution in [2.75, 3.05) is 34.3 Å². The summed E-state index contributed by atoms with van der Waals surface area (Å²) in [5.74, 6) is 0.0250. The number of hydrogen-bond donors (Lipinski definition) is 0. The second-order valence-corrected chi connectivity index (χ2v) is 8.54. The van der Waals surface area contributed by atoms with E-state index >= 15 is 0 Å². The number of nitrogens with zero attached hydrogens (tertiary/aromatic N) is 2. The van der Waals surface area contributed by atoms with Gasteiger partial charge in [-0.2, -0.15) is 0 Å². The van der Waals surface area contributed by atoms with Crippen molar-refractivity contribution in [2.24, 2.45) is 0 Å². The van der Waals surface area contributed by atoms with Crippen molar-refractivity contribution in [2.45, 2.75) is 18.3 Å². The fourth-order valence-electron chi connectivity index (χ4n) is 3.38. The van der Waals surface area contributed by atoms with Crippen LogP contribution in [0.4, 0.5) is 0 Å². The van der Waals surface area contributed by atoms with Gasteiger partial charge in [0, 0.05) is 20.0 Å². The summed E-state index contributed by atoms with van der Waals surface area (Å²) < 4.78 is 10.9. The molecule has 0 saturated carbocycles. The molecule has 0 spiro atoms. The molecule has 2 aromatic rings. The molecule has 1 amide bonds. The maximum Gasteiger partial charge on any atom is 0.303 e. The minimum absolute atomic E-state index is 0.224. The van der Waals surface area contributed by atoms with E-state index in [9.17, 15) is 9.59 Å². The van der Waals surface area contributed by atoms with Gasteiger partial charge in [-0.3, -0.25) is 9.59 Å². The first-order chi connectivity index (χ1) is 14.9. The van der Waals surface area contributed by atoms with Crippen LogP contribution in [0.5, 0.6) is 5.75 Å². The summed E-state index contributed by atoms with van der Waals surface area (Å²) >= 11 is 1.49. The average Bonchev–Trinajstić information content (AvgIpc) is 2.89. The quantitative estimate of drug-likeness (QED) is 0.611. The van der Waals surface area contributed by atoms with Crippen LogP contribution < -0.4 is 4.74 Å². The Balaban J connectivity index is 2.05. The van der Waals surface area contributed by atoms with Crippen molar-refractivity contribution >= 4 is 29.3 Å². The fourth-order valence-corrected chi connectivity index (χ4v) is 4.54. The summed E-state index contributed by atoms with van der Waals surface area (Å²) in [6.07, 6.45) is -0.935. The highest BCUT2D eigenvalue weighted by Crippen LogP contribution is 2.42. The van der Waals surface area contributed by atoms with Crippen molar-refractivity contribution in [1.29, 1.82) is 0 Å². The first-order valence-corrected chi connectivity index (χ1v) is 11.0. The van der Waals surface area contributed by atoms with Crippen molar-refractivity contribution in [3.63, 3.8) is 0 Å². The van der Waals surface area contributed by atoms with Gasteiger partial charge in [-0.05, 0) is 42.8 Å². The molecule has 2 atom stereocenters. The maximum absolute atomic E-state index is 13.7. The number of amides is 1. The molecule has 1 aliphatic rings. The van der Waals surface area contributed by atoms with E-state index < -0.39 is 12.1 Å². The van der Waals surface area contributed by atoms with Crippen LogP contribution in [0.15, 0.2) is 60.0 Å². The van der Waals surface area contributed by atoms with E-state index in [0.717, 1.165) is 22.6 Å². The molecule has 0 aliphatic carbocycles. The third kappa shape index (κ3) is 5.68.